The quantitative estimate of drug-likeness (QED) is 0.331. The Hall–Kier alpha value is -2.91. The van der Waals surface area contributed by atoms with Gasteiger partial charge in [-0.2, -0.15) is 0 Å². The van der Waals surface area contributed by atoms with E-state index in [0.717, 1.165) is 24.5 Å². The fourth-order valence-electron chi connectivity index (χ4n) is 1.08. The first kappa shape index (κ1) is 44.0. The van der Waals surface area contributed by atoms with Gasteiger partial charge in [0.2, 0.25) is 11.1 Å². The predicted octanol–water partition coefficient (Wildman–Crippen LogP) is -8.06. The van der Waals surface area contributed by atoms with Gasteiger partial charge in [0.05, 0.1) is 11.9 Å². The molecule has 0 aliphatic heterocycles. The molecule has 20 N–H and O–H groups in total. The summed E-state index contributed by atoms with van der Waals surface area (Å²) in [6.07, 6.45) is 2.19. The van der Waals surface area contributed by atoms with Gasteiger partial charge in [-0.05, 0) is 12.1 Å². The Morgan fingerprint density at radius 2 is 0.889 bits per heavy atom. The largest absolute Gasteiger partial charge is 2.00 e. The van der Waals surface area contributed by atoms with E-state index in [1.165, 1.54) is 12.1 Å². The maximum absolute atomic E-state index is 10.4. The molecule has 0 aliphatic rings. The van der Waals surface area contributed by atoms with Crippen LogP contribution >= 0.6 is 0 Å². The number of hydrogen-bond acceptors (Lipinski definition) is 6. The SMILES string of the molecule is O=C([O-])c1ccc(=O)[nH]c1.O=C([O-])c1ccc(=O)[nH]c1.[Ni+2].[OH3+].[OH3+].[OH3+].[OH3+].[OH3+].[OH3+]. The van der Waals surface area contributed by atoms with Crippen LogP contribution in [0.15, 0.2) is 46.2 Å². The van der Waals surface area contributed by atoms with Crippen LogP contribution < -0.4 is 21.3 Å². The normalized spacial score (nSPS) is 6.81. The average Bonchev–Trinajstić information content (AvgIpc) is 2.40. The summed E-state index contributed by atoms with van der Waals surface area (Å²) in [5, 5.41) is 20.2. The van der Waals surface area contributed by atoms with Crippen LogP contribution in [-0.4, -0.2) is 21.9 Å². The topological polar surface area (TPSA) is 344 Å². The maximum Gasteiger partial charge on any atom is 2.00 e. The smallest absolute Gasteiger partial charge is 0.545 e. The van der Waals surface area contributed by atoms with Gasteiger partial charge in [-0.1, -0.05) is 0 Å². The van der Waals surface area contributed by atoms with E-state index in [0.29, 0.717) is 0 Å². The first-order valence-corrected chi connectivity index (χ1v) is 5.20. The van der Waals surface area contributed by atoms with Crippen molar-refractivity contribution in [2.75, 3.05) is 0 Å². The average molecular weight is 449 g/mol. The van der Waals surface area contributed by atoms with Crippen molar-refractivity contribution >= 4 is 11.9 Å². The Morgan fingerprint density at radius 1 is 0.630 bits per heavy atom. The Kier molecular flexibility index (Phi) is 34.4. The number of carboxylic acids is 2. The van der Waals surface area contributed by atoms with E-state index < -0.39 is 11.9 Å². The molecular weight excluding hydrogens is 423 g/mol. The van der Waals surface area contributed by atoms with E-state index >= 15 is 0 Å². The van der Waals surface area contributed by atoms with Crippen molar-refractivity contribution in [1.82, 2.24) is 9.97 Å². The molecule has 0 unspecified atom stereocenters. The van der Waals surface area contributed by atoms with Gasteiger partial charge >= 0.3 is 16.5 Å². The van der Waals surface area contributed by atoms with Gasteiger partial charge < -0.3 is 62.6 Å². The van der Waals surface area contributed by atoms with Crippen molar-refractivity contribution < 1.29 is 69.2 Å². The molecule has 0 fully saturated rings. The number of aromatic nitrogens is 2. The van der Waals surface area contributed by atoms with Gasteiger partial charge in [-0.25, -0.2) is 0 Å². The molecule has 14 nitrogen and oxygen atoms in total. The van der Waals surface area contributed by atoms with Gasteiger partial charge in [0.25, 0.3) is 0 Å². The monoisotopic (exact) mass is 448 g/mol. The van der Waals surface area contributed by atoms with E-state index in [4.69, 9.17) is 0 Å². The van der Waals surface area contributed by atoms with Crippen LogP contribution in [0.1, 0.15) is 20.7 Å². The molecule has 27 heavy (non-hydrogen) atoms. The number of carboxylic acid groups (broad SMARTS) is 2. The summed E-state index contributed by atoms with van der Waals surface area (Å²) in [4.78, 5) is 45.3. The summed E-state index contributed by atoms with van der Waals surface area (Å²) in [7, 11) is 0. The van der Waals surface area contributed by atoms with Gasteiger partial charge in [-0.15, -0.1) is 0 Å². The van der Waals surface area contributed by atoms with Gasteiger partial charge in [-0.3, -0.25) is 9.59 Å². The van der Waals surface area contributed by atoms with Crippen LogP contribution in [0.4, 0.5) is 0 Å². The Bertz CT molecular complexity index is 641. The minimum atomic E-state index is -1.30. The number of carbonyl (C=O) groups is 2. The summed E-state index contributed by atoms with van der Waals surface area (Å²) in [6.45, 7) is 0. The minimum Gasteiger partial charge on any atom is -0.545 e. The van der Waals surface area contributed by atoms with Gasteiger partial charge in [0.15, 0.2) is 0 Å². The third-order valence-corrected chi connectivity index (χ3v) is 2.04. The van der Waals surface area contributed by atoms with Crippen LogP contribution in [0, 0.1) is 0 Å². The summed E-state index contributed by atoms with van der Waals surface area (Å²) in [5.74, 6) is -2.59. The first-order chi connectivity index (χ1) is 9.40. The second-order valence-corrected chi connectivity index (χ2v) is 3.46. The van der Waals surface area contributed by atoms with Crippen molar-refractivity contribution in [3.63, 3.8) is 0 Å². The zero-order valence-corrected chi connectivity index (χ0v) is 14.7. The Labute approximate surface area is 160 Å². The molecule has 0 bridgehead atoms. The Morgan fingerprint density at radius 3 is 1.04 bits per heavy atom. The number of rotatable bonds is 2. The number of carbonyl (C=O) groups excluding carboxylic acids is 2. The third kappa shape index (κ3) is 16.3. The predicted molar refractivity (Wildman–Crippen MR) is 92.0 cm³/mol. The van der Waals surface area contributed by atoms with E-state index in [1.807, 2.05) is 0 Å². The molecule has 2 aromatic rings. The van der Waals surface area contributed by atoms with E-state index in [2.05, 4.69) is 9.97 Å². The maximum atomic E-state index is 10.4. The van der Waals surface area contributed by atoms with Gasteiger partial charge in [0.1, 0.15) is 0 Å². The number of H-pyrrole nitrogens is 2. The minimum absolute atomic E-state index is 0. The molecular formula is C12H26N2NiO12+6. The molecule has 160 valence electrons. The number of aromatic amines is 2. The first-order valence-electron chi connectivity index (χ1n) is 5.20. The second-order valence-electron chi connectivity index (χ2n) is 3.46. The van der Waals surface area contributed by atoms with Crippen molar-refractivity contribution in [1.29, 1.82) is 0 Å². The van der Waals surface area contributed by atoms with Crippen molar-refractivity contribution in [2.45, 2.75) is 0 Å². The van der Waals surface area contributed by atoms with Crippen molar-refractivity contribution in [2.24, 2.45) is 0 Å². The fourth-order valence-corrected chi connectivity index (χ4v) is 1.08. The molecule has 2 aromatic heterocycles. The summed E-state index contributed by atoms with van der Waals surface area (Å²) in [5.41, 5.74) is -0.714. The molecule has 0 spiro atoms. The van der Waals surface area contributed by atoms with Gasteiger partial charge in [0, 0.05) is 35.7 Å². The molecule has 0 saturated carbocycles. The molecule has 0 aliphatic carbocycles. The molecule has 0 atom stereocenters. The van der Waals surface area contributed by atoms with Crippen LogP contribution in [0.3, 0.4) is 0 Å². The molecule has 2 heterocycles. The number of hydrogen-bond donors (Lipinski definition) is 2. The molecule has 0 amide bonds. The fraction of sp³-hybridized carbons (Fsp3) is 0. The number of nitrogens with one attached hydrogen (secondary N) is 2. The molecule has 15 heteroatoms. The van der Waals surface area contributed by atoms with E-state index in [1.54, 1.807) is 0 Å². The molecule has 2 rings (SSSR count). The van der Waals surface area contributed by atoms with Crippen LogP contribution in [0.5, 0.6) is 0 Å². The summed E-state index contributed by atoms with van der Waals surface area (Å²) in [6, 6.07) is 4.64. The van der Waals surface area contributed by atoms with Crippen LogP contribution in [0.25, 0.3) is 0 Å². The second kappa shape index (κ2) is 21.1. The van der Waals surface area contributed by atoms with Crippen molar-refractivity contribution in [3.05, 3.63) is 68.5 Å². The Balaban J connectivity index is -0.0000000471. The summed E-state index contributed by atoms with van der Waals surface area (Å²) >= 11 is 0. The van der Waals surface area contributed by atoms with Crippen molar-refractivity contribution in [3.8, 4) is 0 Å². The molecule has 0 aromatic carbocycles. The molecule has 0 radical (unpaired) electrons. The van der Waals surface area contributed by atoms with Crippen LogP contribution in [-0.2, 0) is 49.3 Å². The standard InChI is InChI=1S/2C6H5NO3.Ni.6H2O/c2*8-5-2-1-4(3-7-5)6(9)10;;;;;;;/h2*1-3H,(H,7,8)(H,9,10);;6*1H2/q;;+2;;;;;;/p+4. The zero-order valence-electron chi connectivity index (χ0n) is 13.7. The van der Waals surface area contributed by atoms with E-state index in [-0.39, 0.29) is 71.6 Å². The third-order valence-electron chi connectivity index (χ3n) is 2.04. The van der Waals surface area contributed by atoms with Crippen LogP contribution in [0.2, 0.25) is 0 Å². The summed E-state index contributed by atoms with van der Waals surface area (Å²) < 4.78 is 0. The number of pyridine rings is 2. The molecule has 0 saturated heterocycles. The number of aromatic carboxylic acids is 2. The zero-order chi connectivity index (χ0) is 15.1. The van der Waals surface area contributed by atoms with E-state index in [9.17, 15) is 29.4 Å².